The van der Waals surface area contributed by atoms with E-state index < -0.39 is 0 Å². The van der Waals surface area contributed by atoms with Gasteiger partial charge in [-0.15, -0.1) is 5.10 Å². The molecule has 0 aliphatic carbocycles. The first-order chi connectivity index (χ1) is 13.5. The van der Waals surface area contributed by atoms with E-state index in [-0.39, 0.29) is 5.78 Å². The summed E-state index contributed by atoms with van der Waals surface area (Å²) in [4.78, 5) is 23.6. The highest BCUT2D eigenvalue weighted by Crippen LogP contribution is 2.17. The first-order valence-corrected chi connectivity index (χ1v) is 9.56. The molecule has 0 aromatic carbocycles. The summed E-state index contributed by atoms with van der Waals surface area (Å²) in [7, 11) is 1.83. The normalized spacial score (nSPS) is 13.8. The Balaban J connectivity index is 1.77. The van der Waals surface area contributed by atoms with Crippen molar-refractivity contribution in [3.8, 4) is 11.8 Å². The molecular formula is C20H23N7O. The van der Waals surface area contributed by atoms with Gasteiger partial charge in [0.25, 0.3) is 0 Å². The molecule has 1 fully saturated rings. The fourth-order valence-corrected chi connectivity index (χ4v) is 3.34. The molecule has 4 heterocycles. The van der Waals surface area contributed by atoms with Crippen molar-refractivity contribution in [3.05, 3.63) is 34.5 Å². The summed E-state index contributed by atoms with van der Waals surface area (Å²) in [5.74, 6) is 7.35. The van der Waals surface area contributed by atoms with E-state index in [9.17, 15) is 4.79 Å². The van der Waals surface area contributed by atoms with Gasteiger partial charge in [-0.1, -0.05) is 6.92 Å². The molecule has 8 heteroatoms. The van der Waals surface area contributed by atoms with Crippen molar-refractivity contribution < 1.29 is 4.79 Å². The lowest BCUT2D eigenvalue weighted by atomic mass is 10.1. The maximum absolute atomic E-state index is 12.4. The number of carbonyl (C=O) groups excluding carboxylic acids is 1. The first-order valence-electron chi connectivity index (χ1n) is 9.56. The molecule has 4 rings (SSSR count). The molecule has 0 atom stereocenters. The van der Waals surface area contributed by atoms with Crippen LogP contribution in [0.4, 0.5) is 5.95 Å². The zero-order chi connectivity index (χ0) is 19.8. The average molecular weight is 377 g/mol. The molecule has 1 aliphatic heterocycles. The minimum atomic E-state index is -0.00618. The predicted molar refractivity (Wildman–Crippen MR) is 106 cm³/mol. The van der Waals surface area contributed by atoms with Crippen LogP contribution in [0.15, 0.2) is 6.07 Å². The number of imidazole rings is 1. The van der Waals surface area contributed by atoms with Crippen molar-refractivity contribution in [1.82, 2.24) is 29.4 Å². The van der Waals surface area contributed by atoms with Gasteiger partial charge in [0.15, 0.2) is 11.4 Å². The second-order valence-corrected chi connectivity index (χ2v) is 7.04. The van der Waals surface area contributed by atoms with Crippen LogP contribution in [-0.2, 0) is 7.05 Å². The Morgan fingerprint density at radius 2 is 1.89 bits per heavy atom. The highest BCUT2D eigenvalue weighted by molar-refractivity contribution is 5.98. The predicted octanol–water partition coefficient (Wildman–Crippen LogP) is 2.07. The number of aromatic nitrogens is 6. The van der Waals surface area contributed by atoms with Crippen LogP contribution in [0.25, 0.3) is 5.65 Å². The minimum absolute atomic E-state index is 0.00618. The molecule has 0 radical (unpaired) electrons. The Labute approximate surface area is 163 Å². The molecule has 0 saturated carbocycles. The van der Waals surface area contributed by atoms with Crippen molar-refractivity contribution >= 4 is 17.4 Å². The van der Waals surface area contributed by atoms with Gasteiger partial charge in [-0.3, -0.25) is 4.79 Å². The van der Waals surface area contributed by atoms with E-state index in [1.807, 2.05) is 27.8 Å². The van der Waals surface area contributed by atoms with Crippen molar-refractivity contribution in [1.29, 1.82) is 0 Å². The molecule has 28 heavy (non-hydrogen) atoms. The van der Waals surface area contributed by atoms with Gasteiger partial charge in [0.2, 0.25) is 11.8 Å². The molecule has 0 unspecified atom stereocenters. The summed E-state index contributed by atoms with van der Waals surface area (Å²) in [6, 6.07) is 1.77. The molecule has 3 aromatic heterocycles. The van der Waals surface area contributed by atoms with E-state index in [1.165, 1.54) is 0 Å². The van der Waals surface area contributed by atoms with E-state index in [2.05, 4.69) is 36.9 Å². The van der Waals surface area contributed by atoms with E-state index in [4.69, 9.17) is 0 Å². The second kappa shape index (κ2) is 7.08. The molecule has 1 saturated heterocycles. The standard InChI is InChI=1S/C20H23N7O/c1-5-17(28)15-12-19-21-13(2)14(3)27(19)23-16(15)8-9-18-22-20(24-25(18)4)26-10-6-7-11-26/h12H,5-7,10-11H2,1-4H3. The van der Waals surface area contributed by atoms with Gasteiger partial charge in [-0.2, -0.15) is 10.1 Å². The number of carbonyl (C=O) groups is 1. The molecule has 0 spiro atoms. The minimum Gasteiger partial charge on any atom is -0.340 e. The fraction of sp³-hybridized carbons (Fsp3) is 0.450. The number of Topliss-reactive ketones (excluding diaryl/α,β-unsaturated/α-hetero) is 1. The quantitative estimate of drug-likeness (QED) is 0.513. The van der Waals surface area contributed by atoms with Gasteiger partial charge in [0, 0.05) is 26.6 Å². The average Bonchev–Trinajstić information content (AvgIpc) is 3.40. The molecule has 3 aromatic rings. The van der Waals surface area contributed by atoms with Gasteiger partial charge in [-0.05, 0) is 44.6 Å². The Hall–Kier alpha value is -3.21. The number of fused-ring (bicyclic) bond motifs is 1. The monoisotopic (exact) mass is 377 g/mol. The lowest BCUT2D eigenvalue weighted by molar-refractivity contribution is 0.0987. The van der Waals surface area contributed by atoms with Gasteiger partial charge >= 0.3 is 0 Å². The molecule has 1 aliphatic rings. The number of hydrogen-bond acceptors (Lipinski definition) is 6. The van der Waals surface area contributed by atoms with E-state index in [1.54, 1.807) is 15.3 Å². The fourth-order valence-electron chi connectivity index (χ4n) is 3.34. The third-order valence-corrected chi connectivity index (χ3v) is 5.12. The summed E-state index contributed by atoms with van der Waals surface area (Å²) in [6.07, 6.45) is 2.71. The highest BCUT2D eigenvalue weighted by Gasteiger charge is 2.18. The summed E-state index contributed by atoms with van der Waals surface area (Å²) >= 11 is 0. The number of nitrogens with zero attached hydrogens (tertiary/aromatic N) is 7. The topological polar surface area (TPSA) is 81.2 Å². The Kier molecular flexibility index (Phi) is 4.59. The van der Waals surface area contributed by atoms with Gasteiger partial charge < -0.3 is 4.90 Å². The lowest BCUT2D eigenvalue weighted by Gasteiger charge is -2.10. The van der Waals surface area contributed by atoms with Crippen LogP contribution >= 0.6 is 0 Å². The summed E-state index contributed by atoms with van der Waals surface area (Å²) < 4.78 is 3.41. The van der Waals surface area contributed by atoms with Crippen LogP contribution in [0.5, 0.6) is 0 Å². The van der Waals surface area contributed by atoms with Gasteiger partial charge in [0.05, 0.1) is 17.0 Å². The molecule has 0 N–H and O–H groups in total. The second-order valence-electron chi connectivity index (χ2n) is 7.04. The van der Waals surface area contributed by atoms with Crippen molar-refractivity contribution in [2.24, 2.45) is 7.05 Å². The van der Waals surface area contributed by atoms with E-state index >= 15 is 0 Å². The maximum Gasteiger partial charge on any atom is 0.245 e. The molecular weight excluding hydrogens is 354 g/mol. The smallest absolute Gasteiger partial charge is 0.245 e. The summed E-state index contributed by atoms with van der Waals surface area (Å²) in [5.41, 5.74) is 3.41. The third kappa shape index (κ3) is 3.13. The molecule has 0 amide bonds. The van der Waals surface area contributed by atoms with Crippen LogP contribution in [0, 0.1) is 25.7 Å². The van der Waals surface area contributed by atoms with Crippen LogP contribution < -0.4 is 4.90 Å². The number of rotatable bonds is 3. The number of aryl methyl sites for hydroxylation is 3. The Morgan fingerprint density at radius 3 is 2.61 bits per heavy atom. The van der Waals surface area contributed by atoms with E-state index in [0.717, 1.165) is 37.3 Å². The van der Waals surface area contributed by atoms with Crippen LogP contribution in [0.2, 0.25) is 0 Å². The van der Waals surface area contributed by atoms with E-state index in [0.29, 0.717) is 35.1 Å². The zero-order valence-corrected chi connectivity index (χ0v) is 16.7. The first kappa shape index (κ1) is 18.2. The van der Waals surface area contributed by atoms with Gasteiger partial charge in [0.1, 0.15) is 5.69 Å². The van der Waals surface area contributed by atoms with Crippen LogP contribution in [-0.4, -0.2) is 48.2 Å². The third-order valence-electron chi connectivity index (χ3n) is 5.12. The maximum atomic E-state index is 12.4. The molecule has 144 valence electrons. The highest BCUT2D eigenvalue weighted by atomic mass is 16.1. The number of hydrogen-bond donors (Lipinski definition) is 0. The van der Waals surface area contributed by atoms with Crippen molar-refractivity contribution in [2.75, 3.05) is 18.0 Å². The number of anilines is 1. The van der Waals surface area contributed by atoms with Crippen LogP contribution in [0.3, 0.4) is 0 Å². The van der Waals surface area contributed by atoms with Crippen molar-refractivity contribution in [3.63, 3.8) is 0 Å². The SMILES string of the molecule is CCC(=O)c1cc2nc(C)c(C)n2nc1C#Cc1nc(N2CCCC2)nn1C. The molecule has 0 bridgehead atoms. The summed E-state index contributed by atoms with van der Waals surface area (Å²) in [5, 5.41) is 9.06. The summed E-state index contributed by atoms with van der Waals surface area (Å²) in [6.45, 7) is 7.66. The largest absolute Gasteiger partial charge is 0.340 e. The Morgan fingerprint density at radius 1 is 1.14 bits per heavy atom. The zero-order valence-electron chi connectivity index (χ0n) is 16.7. The molecule has 8 nitrogen and oxygen atoms in total. The number of ketones is 1. The lowest BCUT2D eigenvalue weighted by Crippen LogP contribution is -2.19. The Bertz CT molecular complexity index is 1120. The van der Waals surface area contributed by atoms with Crippen LogP contribution in [0.1, 0.15) is 59.5 Å². The van der Waals surface area contributed by atoms with Gasteiger partial charge in [-0.25, -0.2) is 14.2 Å². The van der Waals surface area contributed by atoms with Crippen molar-refractivity contribution in [2.45, 2.75) is 40.0 Å².